The fourth-order valence-electron chi connectivity index (χ4n) is 2.15. The second-order valence-electron chi connectivity index (χ2n) is 5.01. The molecule has 0 heterocycles. The molecule has 0 radical (unpaired) electrons. The Morgan fingerprint density at radius 3 is 2.15 bits per heavy atom. The molecule has 1 unspecified atom stereocenters. The topological polar surface area (TPSA) is 38.0 Å². The van der Waals surface area contributed by atoms with Gasteiger partial charge in [0, 0.05) is 6.04 Å². The Morgan fingerprint density at radius 2 is 1.55 bits per heavy atom. The molecule has 0 saturated carbocycles. The molecule has 0 saturated heterocycles. The summed E-state index contributed by atoms with van der Waals surface area (Å²) in [7, 11) is 0. The molecule has 2 aromatic carbocycles. The zero-order chi connectivity index (χ0) is 14.5. The lowest BCUT2D eigenvalue weighted by Crippen LogP contribution is -2.38. The Hall–Kier alpha value is -1.06. The molecule has 0 aliphatic heterocycles. The predicted molar refractivity (Wildman–Crippen MR) is 86.2 cm³/mol. The number of rotatable bonds is 5. The van der Waals surface area contributed by atoms with Crippen molar-refractivity contribution in [2.45, 2.75) is 25.8 Å². The first-order chi connectivity index (χ1) is 9.58. The summed E-state index contributed by atoms with van der Waals surface area (Å²) in [6, 6.07) is 14.3. The van der Waals surface area contributed by atoms with Crippen molar-refractivity contribution in [2.75, 3.05) is 0 Å². The van der Waals surface area contributed by atoms with E-state index < -0.39 is 0 Å². The van der Waals surface area contributed by atoms with Gasteiger partial charge in [-0.05, 0) is 43.0 Å². The summed E-state index contributed by atoms with van der Waals surface area (Å²) >= 11 is 12.0. The second kappa shape index (κ2) is 7.09. The van der Waals surface area contributed by atoms with Crippen molar-refractivity contribution in [2.24, 2.45) is 5.84 Å². The van der Waals surface area contributed by atoms with E-state index in [0.29, 0.717) is 10.0 Å². The molecule has 0 aliphatic rings. The fourth-order valence-corrected chi connectivity index (χ4v) is 2.47. The average Bonchev–Trinajstić information content (AvgIpc) is 2.44. The molecule has 20 heavy (non-hydrogen) atoms. The molecule has 0 aliphatic carbocycles. The van der Waals surface area contributed by atoms with Gasteiger partial charge in [0.15, 0.2) is 0 Å². The Balaban J connectivity index is 2.04. The summed E-state index contributed by atoms with van der Waals surface area (Å²) in [5.41, 5.74) is 6.51. The summed E-state index contributed by atoms with van der Waals surface area (Å²) in [6.45, 7) is 2.08. The van der Waals surface area contributed by atoms with E-state index in [0.717, 1.165) is 18.4 Å². The van der Waals surface area contributed by atoms with Crippen LogP contribution in [0.1, 0.15) is 16.7 Å². The minimum absolute atomic E-state index is 0.162. The Kier molecular flexibility index (Phi) is 5.44. The SMILES string of the molecule is Cc1ccc(CC(Cc2ccc(Cl)c(Cl)c2)NN)cc1. The minimum atomic E-state index is 0.162. The van der Waals surface area contributed by atoms with E-state index >= 15 is 0 Å². The highest BCUT2D eigenvalue weighted by molar-refractivity contribution is 6.42. The zero-order valence-electron chi connectivity index (χ0n) is 11.4. The van der Waals surface area contributed by atoms with Crippen molar-refractivity contribution < 1.29 is 0 Å². The highest BCUT2D eigenvalue weighted by Crippen LogP contribution is 2.23. The molecule has 0 aromatic heterocycles. The van der Waals surface area contributed by atoms with Crippen molar-refractivity contribution in [3.63, 3.8) is 0 Å². The largest absolute Gasteiger partial charge is 0.271 e. The molecular weight excluding hydrogens is 291 g/mol. The molecule has 3 N–H and O–H groups in total. The second-order valence-corrected chi connectivity index (χ2v) is 5.82. The zero-order valence-corrected chi connectivity index (χ0v) is 12.9. The van der Waals surface area contributed by atoms with Gasteiger partial charge in [0.1, 0.15) is 0 Å². The van der Waals surface area contributed by atoms with Crippen LogP contribution in [0.5, 0.6) is 0 Å². The van der Waals surface area contributed by atoms with Crippen LogP contribution in [0, 0.1) is 6.92 Å². The molecule has 2 aromatic rings. The molecule has 106 valence electrons. The van der Waals surface area contributed by atoms with Crippen molar-refractivity contribution >= 4 is 23.2 Å². The van der Waals surface area contributed by atoms with E-state index in [9.17, 15) is 0 Å². The van der Waals surface area contributed by atoms with Crippen LogP contribution in [0.25, 0.3) is 0 Å². The first kappa shape index (κ1) is 15.3. The molecule has 4 heteroatoms. The summed E-state index contributed by atoms with van der Waals surface area (Å²) in [4.78, 5) is 0. The van der Waals surface area contributed by atoms with E-state index in [1.54, 1.807) is 0 Å². The third-order valence-electron chi connectivity index (χ3n) is 3.30. The Morgan fingerprint density at radius 1 is 0.950 bits per heavy atom. The highest BCUT2D eigenvalue weighted by atomic mass is 35.5. The van der Waals surface area contributed by atoms with Crippen LogP contribution in [-0.2, 0) is 12.8 Å². The lowest BCUT2D eigenvalue weighted by molar-refractivity contribution is 0.522. The van der Waals surface area contributed by atoms with Crippen molar-refractivity contribution in [1.82, 2.24) is 5.43 Å². The third kappa shape index (κ3) is 4.22. The highest BCUT2D eigenvalue weighted by Gasteiger charge is 2.10. The van der Waals surface area contributed by atoms with Crippen LogP contribution >= 0.6 is 23.2 Å². The first-order valence-electron chi connectivity index (χ1n) is 6.54. The van der Waals surface area contributed by atoms with Crippen LogP contribution < -0.4 is 11.3 Å². The lowest BCUT2D eigenvalue weighted by Gasteiger charge is -2.16. The predicted octanol–water partition coefficient (Wildman–Crippen LogP) is 3.92. The monoisotopic (exact) mass is 308 g/mol. The Labute approximate surface area is 129 Å². The molecule has 2 nitrogen and oxygen atoms in total. The summed E-state index contributed by atoms with van der Waals surface area (Å²) in [5.74, 6) is 5.66. The van der Waals surface area contributed by atoms with Crippen LogP contribution in [0.3, 0.4) is 0 Å². The number of hydrazine groups is 1. The maximum absolute atomic E-state index is 6.03. The smallest absolute Gasteiger partial charge is 0.0595 e. The normalized spacial score (nSPS) is 12.4. The molecule has 0 amide bonds. The standard InChI is InChI=1S/C16H18Cl2N2/c1-11-2-4-12(5-3-11)8-14(20-19)9-13-6-7-15(17)16(18)10-13/h2-7,10,14,20H,8-9,19H2,1H3. The number of aryl methyl sites for hydroxylation is 1. The van der Waals surface area contributed by atoms with Crippen LogP contribution in [0.2, 0.25) is 10.0 Å². The molecule has 0 fully saturated rings. The van der Waals surface area contributed by atoms with Gasteiger partial charge in [0.25, 0.3) is 0 Å². The van der Waals surface area contributed by atoms with Gasteiger partial charge in [0.2, 0.25) is 0 Å². The number of halogens is 2. The van der Waals surface area contributed by atoms with Crippen molar-refractivity contribution in [3.05, 3.63) is 69.2 Å². The summed E-state index contributed by atoms with van der Waals surface area (Å²) in [5, 5.41) is 1.15. The van der Waals surface area contributed by atoms with E-state index in [4.69, 9.17) is 29.0 Å². The number of hydrogen-bond donors (Lipinski definition) is 2. The number of hydrogen-bond acceptors (Lipinski definition) is 2. The van der Waals surface area contributed by atoms with E-state index in [1.165, 1.54) is 11.1 Å². The van der Waals surface area contributed by atoms with Gasteiger partial charge in [-0.25, -0.2) is 0 Å². The molecule has 0 bridgehead atoms. The lowest BCUT2D eigenvalue weighted by atomic mass is 9.99. The van der Waals surface area contributed by atoms with Crippen LogP contribution in [0.4, 0.5) is 0 Å². The number of nitrogens with one attached hydrogen (secondary N) is 1. The molecule has 2 rings (SSSR count). The first-order valence-corrected chi connectivity index (χ1v) is 7.29. The molecule has 0 spiro atoms. The van der Waals surface area contributed by atoms with E-state index in [2.05, 4.69) is 36.6 Å². The van der Waals surface area contributed by atoms with Gasteiger partial charge in [-0.3, -0.25) is 11.3 Å². The minimum Gasteiger partial charge on any atom is -0.271 e. The van der Waals surface area contributed by atoms with Gasteiger partial charge in [0.05, 0.1) is 10.0 Å². The quantitative estimate of drug-likeness (QED) is 0.649. The van der Waals surface area contributed by atoms with Gasteiger partial charge in [-0.2, -0.15) is 0 Å². The van der Waals surface area contributed by atoms with Gasteiger partial charge in [-0.1, -0.05) is 59.1 Å². The summed E-state index contributed by atoms with van der Waals surface area (Å²) < 4.78 is 0. The molecule has 1 atom stereocenters. The van der Waals surface area contributed by atoms with Gasteiger partial charge in [-0.15, -0.1) is 0 Å². The average molecular weight is 309 g/mol. The van der Waals surface area contributed by atoms with Gasteiger partial charge < -0.3 is 0 Å². The van der Waals surface area contributed by atoms with Gasteiger partial charge >= 0.3 is 0 Å². The van der Waals surface area contributed by atoms with E-state index in [-0.39, 0.29) is 6.04 Å². The van der Waals surface area contributed by atoms with Crippen molar-refractivity contribution in [3.8, 4) is 0 Å². The molecular formula is C16H18Cl2N2. The van der Waals surface area contributed by atoms with E-state index in [1.807, 2.05) is 18.2 Å². The Bertz CT molecular complexity index is 567. The van der Waals surface area contributed by atoms with Crippen LogP contribution in [0.15, 0.2) is 42.5 Å². The fraction of sp³-hybridized carbons (Fsp3) is 0.250. The van der Waals surface area contributed by atoms with Crippen molar-refractivity contribution in [1.29, 1.82) is 0 Å². The number of nitrogens with two attached hydrogens (primary N) is 1. The number of benzene rings is 2. The maximum atomic E-state index is 6.03. The third-order valence-corrected chi connectivity index (χ3v) is 4.04. The summed E-state index contributed by atoms with van der Waals surface area (Å²) in [6.07, 6.45) is 1.68. The maximum Gasteiger partial charge on any atom is 0.0595 e. The van der Waals surface area contributed by atoms with Crippen LogP contribution in [-0.4, -0.2) is 6.04 Å².